The van der Waals surface area contributed by atoms with Gasteiger partial charge in [0, 0.05) is 5.56 Å². The average Bonchev–Trinajstić information content (AvgIpc) is 3.08. The number of benzene rings is 2. The maximum Gasteiger partial charge on any atom is 0.295 e. The number of amides is 1. The van der Waals surface area contributed by atoms with E-state index < -0.39 is 17.7 Å². The Morgan fingerprint density at radius 2 is 1.77 bits per heavy atom. The number of carbonyl (C=O) groups excluding carboxylic acids is 2. The second kappa shape index (κ2) is 9.32. The molecule has 2 saturated heterocycles. The smallest absolute Gasteiger partial charge is 0.295 e. The SMILES string of the molecule is COc1ccc([C@@H]2C(=C(O)c3ccccc3)C(=O)C(=O)N2CC[NH+]2CCOCC2)cc1. The number of aliphatic hydroxyl groups is 1. The molecule has 0 radical (unpaired) electrons. The number of rotatable bonds is 6. The van der Waals surface area contributed by atoms with Crippen LogP contribution in [0.4, 0.5) is 0 Å². The Bertz CT molecular complexity index is 965. The van der Waals surface area contributed by atoms with Crippen molar-refractivity contribution in [2.45, 2.75) is 6.04 Å². The van der Waals surface area contributed by atoms with Crippen LogP contribution in [-0.2, 0) is 14.3 Å². The first-order valence-electron chi connectivity index (χ1n) is 10.5. The molecule has 4 rings (SSSR count). The van der Waals surface area contributed by atoms with Crippen molar-refractivity contribution in [2.75, 3.05) is 46.5 Å². The Labute approximate surface area is 181 Å². The Morgan fingerprint density at radius 3 is 2.42 bits per heavy atom. The standard InChI is InChI=1S/C24H26N2O5/c1-30-19-9-7-17(8-10-19)21-20(22(27)18-5-3-2-4-6-18)23(28)24(29)26(21)12-11-25-13-15-31-16-14-25/h2-10,21,27H,11-16H2,1H3/p+1/t21-/m1/s1. The van der Waals surface area contributed by atoms with Crippen molar-refractivity contribution in [1.82, 2.24) is 4.90 Å². The molecule has 31 heavy (non-hydrogen) atoms. The van der Waals surface area contributed by atoms with Crippen molar-refractivity contribution in [2.24, 2.45) is 0 Å². The lowest BCUT2D eigenvalue weighted by molar-refractivity contribution is -0.907. The van der Waals surface area contributed by atoms with Crippen LogP contribution in [0, 0.1) is 0 Å². The summed E-state index contributed by atoms with van der Waals surface area (Å²) >= 11 is 0. The molecule has 0 aliphatic carbocycles. The summed E-state index contributed by atoms with van der Waals surface area (Å²) in [5.41, 5.74) is 1.39. The van der Waals surface area contributed by atoms with Crippen LogP contribution in [0.15, 0.2) is 60.2 Å². The molecule has 0 bridgehead atoms. The van der Waals surface area contributed by atoms with Gasteiger partial charge < -0.3 is 24.4 Å². The first kappa shape index (κ1) is 21.1. The van der Waals surface area contributed by atoms with Crippen molar-refractivity contribution < 1.29 is 29.1 Å². The normalized spacial score (nSPS) is 21.5. The van der Waals surface area contributed by atoms with E-state index in [1.807, 2.05) is 18.2 Å². The van der Waals surface area contributed by atoms with Gasteiger partial charge in [-0.1, -0.05) is 42.5 Å². The molecular formula is C24H27N2O5+. The molecule has 7 heteroatoms. The van der Waals surface area contributed by atoms with Crippen molar-refractivity contribution in [3.05, 3.63) is 71.3 Å². The van der Waals surface area contributed by atoms with Crippen LogP contribution in [0.5, 0.6) is 5.75 Å². The minimum absolute atomic E-state index is 0.123. The monoisotopic (exact) mass is 423 g/mol. The largest absolute Gasteiger partial charge is 0.507 e. The zero-order chi connectivity index (χ0) is 21.8. The Morgan fingerprint density at radius 1 is 1.10 bits per heavy atom. The fourth-order valence-electron chi connectivity index (χ4n) is 4.18. The number of Topliss-reactive ketones (excluding diaryl/α,β-unsaturated/α-hetero) is 1. The van der Waals surface area contributed by atoms with Gasteiger partial charge in [0.2, 0.25) is 0 Å². The Kier molecular flexibility index (Phi) is 6.34. The molecule has 7 nitrogen and oxygen atoms in total. The van der Waals surface area contributed by atoms with Gasteiger partial charge in [-0.2, -0.15) is 0 Å². The number of nitrogens with one attached hydrogen (secondary N) is 1. The minimum atomic E-state index is -0.654. The molecular weight excluding hydrogens is 396 g/mol. The molecule has 0 saturated carbocycles. The highest BCUT2D eigenvalue weighted by Crippen LogP contribution is 2.39. The van der Waals surface area contributed by atoms with E-state index in [1.165, 1.54) is 4.90 Å². The summed E-state index contributed by atoms with van der Waals surface area (Å²) in [6.45, 7) is 4.28. The number of ketones is 1. The number of carbonyl (C=O) groups is 2. The number of hydrogen-bond acceptors (Lipinski definition) is 5. The minimum Gasteiger partial charge on any atom is -0.507 e. The predicted molar refractivity (Wildman–Crippen MR) is 115 cm³/mol. The number of aliphatic hydroxyl groups excluding tert-OH is 1. The molecule has 1 amide bonds. The van der Waals surface area contributed by atoms with Gasteiger partial charge in [0.15, 0.2) is 0 Å². The van der Waals surface area contributed by atoms with E-state index in [0.29, 0.717) is 37.6 Å². The van der Waals surface area contributed by atoms with Gasteiger partial charge in [-0.25, -0.2) is 0 Å². The molecule has 2 aliphatic rings. The van der Waals surface area contributed by atoms with Gasteiger partial charge >= 0.3 is 0 Å². The molecule has 0 aromatic heterocycles. The lowest BCUT2D eigenvalue weighted by Crippen LogP contribution is -3.14. The third kappa shape index (κ3) is 4.33. The highest BCUT2D eigenvalue weighted by atomic mass is 16.5. The van der Waals surface area contributed by atoms with Crippen LogP contribution in [0.2, 0.25) is 0 Å². The molecule has 2 aromatic rings. The molecule has 0 spiro atoms. The quantitative estimate of drug-likeness (QED) is 0.412. The van der Waals surface area contributed by atoms with E-state index in [1.54, 1.807) is 48.4 Å². The molecule has 2 N–H and O–H groups in total. The Balaban J connectivity index is 1.72. The summed E-state index contributed by atoms with van der Waals surface area (Å²) in [5.74, 6) is -0.701. The summed E-state index contributed by atoms with van der Waals surface area (Å²) in [6, 6.07) is 15.5. The number of methoxy groups -OCH3 is 1. The molecule has 2 aliphatic heterocycles. The van der Waals surface area contributed by atoms with E-state index in [9.17, 15) is 14.7 Å². The predicted octanol–water partition coefficient (Wildman–Crippen LogP) is 1.03. The molecule has 2 aromatic carbocycles. The summed E-state index contributed by atoms with van der Waals surface area (Å²) in [7, 11) is 1.58. The molecule has 2 fully saturated rings. The maximum absolute atomic E-state index is 13.0. The second-order valence-corrected chi connectivity index (χ2v) is 7.74. The molecule has 2 heterocycles. The zero-order valence-electron chi connectivity index (χ0n) is 17.5. The number of morpholine rings is 1. The molecule has 1 atom stereocenters. The van der Waals surface area contributed by atoms with Crippen LogP contribution < -0.4 is 9.64 Å². The van der Waals surface area contributed by atoms with Gasteiger partial charge in [-0.05, 0) is 17.7 Å². The summed E-state index contributed by atoms with van der Waals surface area (Å²) < 4.78 is 10.7. The fourth-order valence-corrected chi connectivity index (χ4v) is 4.18. The third-order valence-corrected chi connectivity index (χ3v) is 5.92. The van der Waals surface area contributed by atoms with E-state index in [4.69, 9.17) is 9.47 Å². The average molecular weight is 423 g/mol. The van der Waals surface area contributed by atoms with Gasteiger partial charge in [0.25, 0.3) is 11.7 Å². The van der Waals surface area contributed by atoms with Crippen molar-refractivity contribution in [1.29, 1.82) is 0 Å². The van der Waals surface area contributed by atoms with E-state index >= 15 is 0 Å². The second-order valence-electron chi connectivity index (χ2n) is 7.74. The molecule has 162 valence electrons. The van der Waals surface area contributed by atoms with Crippen LogP contribution in [0.25, 0.3) is 5.76 Å². The van der Waals surface area contributed by atoms with Crippen LogP contribution in [0.3, 0.4) is 0 Å². The zero-order valence-corrected chi connectivity index (χ0v) is 17.5. The van der Waals surface area contributed by atoms with E-state index in [2.05, 4.69) is 0 Å². The van der Waals surface area contributed by atoms with Gasteiger partial charge in [-0.3, -0.25) is 9.59 Å². The first-order valence-corrected chi connectivity index (χ1v) is 10.5. The van der Waals surface area contributed by atoms with Crippen LogP contribution >= 0.6 is 0 Å². The fraction of sp³-hybridized carbons (Fsp3) is 0.333. The lowest BCUT2D eigenvalue weighted by atomic mass is 9.95. The van der Waals surface area contributed by atoms with Crippen LogP contribution in [0.1, 0.15) is 17.2 Å². The number of hydrogen-bond donors (Lipinski definition) is 2. The highest BCUT2D eigenvalue weighted by molar-refractivity contribution is 6.46. The lowest BCUT2D eigenvalue weighted by Gasteiger charge is -2.29. The number of quaternary nitrogens is 1. The molecule has 0 unspecified atom stereocenters. The van der Waals surface area contributed by atoms with Crippen molar-refractivity contribution >= 4 is 17.4 Å². The number of nitrogens with zero attached hydrogens (tertiary/aromatic N) is 1. The summed E-state index contributed by atoms with van der Waals surface area (Å²) in [6.07, 6.45) is 0. The van der Waals surface area contributed by atoms with Crippen molar-refractivity contribution in [3.8, 4) is 5.75 Å². The highest BCUT2D eigenvalue weighted by Gasteiger charge is 2.46. The number of ether oxygens (including phenoxy) is 2. The summed E-state index contributed by atoms with van der Waals surface area (Å²) in [4.78, 5) is 29.0. The summed E-state index contributed by atoms with van der Waals surface area (Å²) in [5, 5.41) is 11.0. The van der Waals surface area contributed by atoms with E-state index in [0.717, 1.165) is 18.7 Å². The van der Waals surface area contributed by atoms with Crippen molar-refractivity contribution in [3.63, 3.8) is 0 Å². The number of likely N-dealkylation sites (tertiary alicyclic amines) is 1. The van der Waals surface area contributed by atoms with Gasteiger partial charge in [-0.15, -0.1) is 0 Å². The van der Waals surface area contributed by atoms with Gasteiger partial charge in [0.05, 0.1) is 45.0 Å². The van der Waals surface area contributed by atoms with E-state index in [-0.39, 0.29) is 11.3 Å². The topological polar surface area (TPSA) is 80.5 Å². The Hall–Kier alpha value is -3.16. The third-order valence-electron chi connectivity index (χ3n) is 5.92. The van der Waals surface area contributed by atoms with Gasteiger partial charge in [0.1, 0.15) is 24.6 Å². The first-order chi connectivity index (χ1) is 15.1. The maximum atomic E-state index is 13.0. The van der Waals surface area contributed by atoms with Crippen LogP contribution in [-0.4, -0.2) is 68.2 Å².